The van der Waals surface area contributed by atoms with Gasteiger partial charge in [-0.15, -0.1) is 0 Å². The first-order chi connectivity index (χ1) is 18.9. The van der Waals surface area contributed by atoms with Gasteiger partial charge in [0.15, 0.2) is 0 Å². The van der Waals surface area contributed by atoms with Gasteiger partial charge in [0.25, 0.3) is 0 Å². The Kier molecular flexibility index (Phi) is 11.4. The fraction of sp³-hybridized carbons (Fsp3) is 0.811. The van der Waals surface area contributed by atoms with Gasteiger partial charge in [-0.3, -0.25) is 4.79 Å². The molecule has 0 saturated heterocycles. The Bertz CT molecular complexity index is 853. The molecule has 0 bridgehead atoms. The van der Waals surface area contributed by atoms with Gasteiger partial charge in [0.05, 0.1) is 0 Å². The molecule has 4 aliphatic rings. The van der Waals surface area contributed by atoms with Crippen LogP contribution in [0.2, 0.25) is 0 Å². The summed E-state index contributed by atoms with van der Waals surface area (Å²) < 4.78 is 6.08. The van der Waals surface area contributed by atoms with E-state index in [9.17, 15) is 4.79 Å². The highest BCUT2D eigenvalue weighted by atomic mass is 16.5. The molecule has 0 N–H and O–H groups in total. The Balaban J connectivity index is 1.08. The maximum absolute atomic E-state index is 12.6. The first kappa shape index (κ1) is 30.6. The fourth-order valence-corrected chi connectivity index (χ4v) is 9.60. The molecule has 0 spiro atoms. The van der Waals surface area contributed by atoms with Crippen molar-refractivity contribution in [2.75, 3.05) is 0 Å². The quantitative estimate of drug-likeness (QED) is 0.101. The van der Waals surface area contributed by atoms with E-state index >= 15 is 0 Å². The van der Waals surface area contributed by atoms with Crippen molar-refractivity contribution in [3.05, 3.63) is 36.5 Å². The molecule has 6 unspecified atom stereocenters. The summed E-state index contributed by atoms with van der Waals surface area (Å²) in [5.74, 6) is 4.58. The lowest BCUT2D eigenvalue weighted by molar-refractivity contribution is -0.162. The van der Waals surface area contributed by atoms with Crippen LogP contribution < -0.4 is 0 Å². The van der Waals surface area contributed by atoms with Crippen molar-refractivity contribution in [2.24, 2.45) is 40.4 Å². The van der Waals surface area contributed by atoms with Gasteiger partial charge in [0.1, 0.15) is 6.10 Å². The Morgan fingerprint density at radius 1 is 0.769 bits per heavy atom. The highest BCUT2D eigenvalue weighted by Gasteiger charge is 2.59. The predicted octanol–water partition coefficient (Wildman–Crippen LogP) is 10.8. The molecule has 4 saturated carbocycles. The van der Waals surface area contributed by atoms with Gasteiger partial charge in [0.2, 0.25) is 0 Å². The van der Waals surface area contributed by atoms with Crippen LogP contribution in [0, 0.1) is 40.4 Å². The van der Waals surface area contributed by atoms with Crippen LogP contribution in [-0.2, 0) is 9.53 Å². The molecular formula is C37H60O2. The van der Waals surface area contributed by atoms with Crippen LogP contribution in [0.25, 0.3) is 0 Å². The molecule has 4 rings (SSSR count). The smallest absolute Gasteiger partial charge is 0.306 e. The first-order valence-electron chi connectivity index (χ1n) is 17.0. The number of fused-ring (bicyclic) bond motifs is 5. The molecule has 4 fully saturated rings. The summed E-state index contributed by atoms with van der Waals surface area (Å²) in [5.41, 5.74) is 1.09. The molecule has 2 nitrogen and oxygen atoms in total. The Hall–Kier alpha value is -1.31. The third-order valence-electron chi connectivity index (χ3n) is 12.3. The standard InChI is InChI=1S/C37H60O2/c1-5-6-7-8-9-10-11-12-13-14-15-16-17-18-19-35(38)39-31-24-26-37(4)30(28-31)21-22-32-33-23-20-29(2)36(33,3)27-25-34(32)37/h5-6,9-12,29-34H,7-8,13-28H2,1-4H3/b6-5+,10-9+,12-11+/t29?,30?,31?,32?,33?,34?,36-,37+/m1/s1. The summed E-state index contributed by atoms with van der Waals surface area (Å²) in [6.45, 7) is 9.86. The number of unbranched alkanes of at least 4 members (excludes halogenated alkanes) is 6. The van der Waals surface area contributed by atoms with E-state index in [4.69, 9.17) is 4.74 Å². The van der Waals surface area contributed by atoms with E-state index in [1.54, 1.807) is 0 Å². The van der Waals surface area contributed by atoms with Crippen molar-refractivity contribution in [1.29, 1.82) is 0 Å². The van der Waals surface area contributed by atoms with Gasteiger partial charge < -0.3 is 4.74 Å². The molecule has 0 radical (unpaired) electrons. The summed E-state index contributed by atoms with van der Waals surface area (Å²) in [5, 5.41) is 0. The van der Waals surface area contributed by atoms with E-state index < -0.39 is 0 Å². The van der Waals surface area contributed by atoms with Crippen molar-refractivity contribution in [2.45, 2.75) is 149 Å². The van der Waals surface area contributed by atoms with Crippen LogP contribution in [0.15, 0.2) is 36.5 Å². The van der Waals surface area contributed by atoms with Gasteiger partial charge in [-0.1, -0.05) is 76.5 Å². The van der Waals surface area contributed by atoms with Crippen molar-refractivity contribution >= 4 is 5.97 Å². The summed E-state index contributed by atoms with van der Waals surface area (Å²) >= 11 is 0. The number of carbonyl (C=O) groups is 1. The number of ether oxygens (including phenoxy) is 1. The van der Waals surface area contributed by atoms with Crippen LogP contribution in [0.1, 0.15) is 143 Å². The molecule has 8 atom stereocenters. The van der Waals surface area contributed by atoms with Gasteiger partial charge in [0, 0.05) is 6.42 Å². The zero-order valence-electron chi connectivity index (χ0n) is 26.0. The molecule has 0 aromatic heterocycles. The van der Waals surface area contributed by atoms with E-state index in [1.165, 1.54) is 64.2 Å². The fourth-order valence-electron chi connectivity index (χ4n) is 9.60. The van der Waals surface area contributed by atoms with Crippen LogP contribution in [0.3, 0.4) is 0 Å². The predicted molar refractivity (Wildman–Crippen MR) is 165 cm³/mol. The molecule has 39 heavy (non-hydrogen) atoms. The summed E-state index contributed by atoms with van der Waals surface area (Å²) in [6, 6.07) is 0. The topological polar surface area (TPSA) is 26.3 Å². The summed E-state index contributed by atoms with van der Waals surface area (Å²) in [6.07, 6.45) is 35.4. The SMILES string of the molecule is C/C=C/CC/C=C/C=C/CCCCCCCC(=O)OC1CC[C@@]2(C)C(CCC3C2CC[C@]2(C)C(C)CCC32)C1. The van der Waals surface area contributed by atoms with Crippen molar-refractivity contribution < 1.29 is 9.53 Å². The third-order valence-corrected chi connectivity index (χ3v) is 12.3. The number of allylic oxidation sites excluding steroid dienone is 6. The molecule has 0 aromatic rings. The summed E-state index contributed by atoms with van der Waals surface area (Å²) in [7, 11) is 0. The van der Waals surface area contributed by atoms with Crippen molar-refractivity contribution in [1.82, 2.24) is 0 Å². The van der Waals surface area contributed by atoms with Crippen LogP contribution in [-0.4, -0.2) is 12.1 Å². The molecule has 0 amide bonds. The lowest BCUT2D eigenvalue weighted by Gasteiger charge is -2.61. The summed E-state index contributed by atoms with van der Waals surface area (Å²) in [4.78, 5) is 12.6. The number of hydrogen-bond acceptors (Lipinski definition) is 2. The maximum atomic E-state index is 12.6. The molecule has 220 valence electrons. The second-order valence-electron chi connectivity index (χ2n) is 14.4. The second kappa shape index (κ2) is 14.5. The van der Waals surface area contributed by atoms with E-state index in [2.05, 4.69) is 64.2 Å². The molecular weight excluding hydrogens is 476 g/mol. The van der Waals surface area contributed by atoms with E-state index in [-0.39, 0.29) is 12.1 Å². The van der Waals surface area contributed by atoms with Crippen LogP contribution in [0.4, 0.5) is 0 Å². The minimum atomic E-state index is 0.0646. The molecule has 2 heteroatoms. The number of rotatable bonds is 13. The Labute approximate surface area is 241 Å². The van der Waals surface area contributed by atoms with E-state index in [0.717, 1.165) is 74.5 Å². The van der Waals surface area contributed by atoms with Crippen LogP contribution >= 0.6 is 0 Å². The lowest BCUT2D eigenvalue weighted by atomic mass is 9.45. The highest BCUT2D eigenvalue weighted by Crippen LogP contribution is 2.67. The average molecular weight is 537 g/mol. The van der Waals surface area contributed by atoms with E-state index in [1.807, 2.05) is 0 Å². The largest absolute Gasteiger partial charge is 0.462 e. The number of esters is 1. The maximum Gasteiger partial charge on any atom is 0.306 e. The van der Waals surface area contributed by atoms with Gasteiger partial charge in [-0.2, -0.15) is 0 Å². The normalized spacial score (nSPS) is 38.3. The molecule has 0 aromatic carbocycles. The van der Waals surface area contributed by atoms with E-state index in [0.29, 0.717) is 17.3 Å². The minimum Gasteiger partial charge on any atom is -0.462 e. The zero-order chi connectivity index (χ0) is 27.7. The van der Waals surface area contributed by atoms with Crippen LogP contribution in [0.5, 0.6) is 0 Å². The molecule has 4 aliphatic carbocycles. The van der Waals surface area contributed by atoms with Crippen molar-refractivity contribution in [3.8, 4) is 0 Å². The van der Waals surface area contributed by atoms with Gasteiger partial charge in [-0.25, -0.2) is 0 Å². The zero-order valence-corrected chi connectivity index (χ0v) is 26.0. The molecule has 0 aliphatic heterocycles. The average Bonchev–Trinajstić information content (AvgIpc) is 3.23. The second-order valence-corrected chi connectivity index (χ2v) is 14.4. The molecule has 0 heterocycles. The van der Waals surface area contributed by atoms with Gasteiger partial charge in [-0.05, 0) is 137 Å². The van der Waals surface area contributed by atoms with Crippen molar-refractivity contribution in [3.63, 3.8) is 0 Å². The number of hydrogen-bond donors (Lipinski definition) is 0. The third kappa shape index (κ3) is 7.51. The first-order valence-corrected chi connectivity index (χ1v) is 17.0. The minimum absolute atomic E-state index is 0.0646. The van der Waals surface area contributed by atoms with Gasteiger partial charge >= 0.3 is 5.97 Å². The Morgan fingerprint density at radius 3 is 2.28 bits per heavy atom. The lowest BCUT2D eigenvalue weighted by Crippen LogP contribution is -2.54. The Morgan fingerprint density at radius 2 is 1.46 bits per heavy atom. The number of carbonyl (C=O) groups excluding carboxylic acids is 1. The monoisotopic (exact) mass is 536 g/mol. The highest BCUT2D eigenvalue weighted by molar-refractivity contribution is 5.69.